The van der Waals surface area contributed by atoms with Gasteiger partial charge in [0.15, 0.2) is 0 Å². The van der Waals surface area contributed by atoms with Crippen LogP contribution in [0.15, 0.2) is 57.4 Å². The van der Waals surface area contributed by atoms with Crippen LogP contribution < -0.4 is 9.47 Å². The van der Waals surface area contributed by atoms with Crippen LogP contribution in [-0.2, 0) is 14.4 Å². The van der Waals surface area contributed by atoms with E-state index in [2.05, 4.69) is 9.99 Å². The number of oxime groups is 1. The number of carbonyl (C=O) groups is 3. The lowest BCUT2D eigenvalue weighted by Gasteiger charge is -2.11. The molecule has 0 unspecified atom stereocenters. The maximum absolute atomic E-state index is 12.6. The van der Waals surface area contributed by atoms with Gasteiger partial charge in [-0.15, -0.1) is 0 Å². The number of benzene rings is 2. The van der Waals surface area contributed by atoms with Crippen molar-refractivity contribution in [2.45, 2.75) is 30.6 Å². The van der Waals surface area contributed by atoms with E-state index in [0.29, 0.717) is 5.75 Å². The average Bonchev–Trinajstić information content (AvgIpc) is 2.70. The van der Waals surface area contributed by atoms with E-state index in [1.54, 1.807) is 24.3 Å². The van der Waals surface area contributed by atoms with Crippen LogP contribution in [0.1, 0.15) is 31.1 Å². The van der Waals surface area contributed by atoms with Gasteiger partial charge in [-0.25, -0.2) is 4.79 Å². The standard InChI is InChI=1S/C21H21NO7S/c1-13(22-29-15(3)25)21(26)19-9-8-18(12-20(19)28-14(2)24)30-17-6-4-16(5-7-17)27-11-10-23/h4-9,12,23H,10-11H2,1-3H3/b22-13+. The molecule has 0 atom stereocenters. The quantitative estimate of drug-likeness (QED) is 0.161. The summed E-state index contributed by atoms with van der Waals surface area (Å²) in [7, 11) is 0. The second-order valence-electron chi connectivity index (χ2n) is 5.99. The van der Waals surface area contributed by atoms with Crippen LogP contribution in [0.4, 0.5) is 0 Å². The number of ether oxygens (including phenoxy) is 2. The number of aliphatic hydroxyl groups is 1. The fraction of sp³-hybridized carbons (Fsp3) is 0.238. The average molecular weight is 431 g/mol. The summed E-state index contributed by atoms with van der Waals surface area (Å²) in [5.74, 6) is -1.04. The van der Waals surface area contributed by atoms with Crippen molar-refractivity contribution >= 4 is 35.2 Å². The molecule has 2 rings (SSSR count). The second kappa shape index (κ2) is 11.1. The molecule has 2 aromatic carbocycles. The Hall–Kier alpha value is -3.17. The van der Waals surface area contributed by atoms with Gasteiger partial charge in [0, 0.05) is 23.6 Å². The van der Waals surface area contributed by atoms with E-state index in [1.165, 1.54) is 38.6 Å². The van der Waals surface area contributed by atoms with Crippen molar-refractivity contribution in [2.24, 2.45) is 5.16 Å². The first-order chi connectivity index (χ1) is 14.3. The Kier molecular flexibility index (Phi) is 8.57. The summed E-state index contributed by atoms with van der Waals surface area (Å²) >= 11 is 1.40. The SMILES string of the molecule is CC(=O)O/N=C(\C)C(=O)c1ccc(Sc2ccc(OCCO)cc2)cc1OC(C)=O. The van der Waals surface area contributed by atoms with Crippen LogP contribution in [0.25, 0.3) is 0 Å². The molecule has 2 aromatic rings. The molecule has 1 N–H and O–H groups in total. The molecule has 0 aliphatic rings. The highest BCUT2D eigenvalue weighted by Gasteiger charge is 2.18. The minimum Gasteiger partial charge on any atom is -0.491 e. The molecule has 0 fully saturated rings. The number of ketones is 1. The molecule has 0 aliphatic heterocycles. The molecule has 0 aromatic heterocycles. The second-order valence-corrected chi connectivity index (χ2v) is 7.13. The summed E-state index contributed by atoms with van der Waals surface area (Å²) in [6.45, 7) is 3.95. The van der Waals surface area contributed by atoms with Gasteiger partial charge in [0.05, 0.1) is 12.2 Å². The number of hydrogen-bond acceptors (Lipinski definition) is 9. The van der Waals surface area contributed by atoms with E-state index in [9.17, 15) is 14.4 Å². The molecule has 9 heteroatoms. The van der Waals surface area contributed by atoms with Crippen molar-refractivity contribution in [3.05, 3.63) is 48.0 Å². The van der Waals surface area contributed by atoms with Crippen molar-refractivity contribution in [3.63, 3.8) is 0 Å². The first kappa shape index (κ1) is 23.1. The summed E-state index contributed by atoms with van der Waals surface area (Å²) in [4.78, 5) is 41.1. The minimum absolute atomic E-state index is 0.0579. The molecule has 8 nitrogen and oxygen atoms in total. The Bertz CT molecular complexity index is 954. The van der Waals surface area contributed by atoms with Gasteiger partial charge in [0.1, 0.15) is 23.8 Å². The van der Waals surface area contributed by atoms with Crippen LogP contribution >= 0.6 is 11.8 Å². The number of aliphatic hydroxyl groups excluding tert-OH is 1. The van der Waals surface area contributed by atoms with E-state index in [-0.39, 0.29) is 30.2 Å². The molecule has 0 spiro atoms. The van der Waals surface area contributed by atoms with Crippen molar-refractivity contribution in [3.8, 4) is 11.5 Å². The number of carbonyl (C=O) groups excluding carboxylic acids is 3. The smallest absolute Gasteiger partial charge is 0.331 e. The number of Topliss-reactive ketones (excluding diaryl/α,β-unsaturated/α-hetero) is 1. The predicted molar refractivity (Wildman–Crippen MR) is 110 cm³/mol. The van der Waals surface area contributed by atoms with Crippen molar-refractivity contribution in [2.75, 3.05) is 13.2 Å². The maximum atomic E-state index is 12.6. The van der Waals surface area contributed by atoms with Crippen LogP contribution in [0, 0.1) is 0 Å². The van der Waals surface area contributed by atoms with E-state index >= 15 is 0 Å². The van der Waals surface area contributed by atoms with Crippen molar-refractivity contribution < 1.29 is 33.8 Å². The van der Waals surface area contributed by atoms with Gasteiger partial charge in [-0.1, -0.05) is 16.9 Å². The number of esters is 1. The Morgan fingerprint density at radius 2 is 1.63 bits per heavy atom. The maximum Gasteiger partial charge on any atom is 0.331 e. The lowest BCUT2D eigenvalue weighted by molar-refractivity contribution is -0.141. The molecule has 0 amide bonds. The minimum atomic E-state index is -0.651. The highest BCUT2D eigenvalue weighted by Crippen LogP contribution is 2.33. The van der Waals surface area contributed by atoms with Gasteiger partial charge < -0.3 is 19.4 Å². The molecule has 0 bridgehead atoms. The lowest BCUT2D eigenvalue weighted by atomic mass is 10.1. The molecular formula is C21H21NO7S. The number of rotatable bonds is 9. The first-order valence-corrected chi connectivity index (χ1v) is 9.72. The highest BCUT2D eigenvalue weighted by molar-refractivity contribution is 7.99. The van der Waals surface area contributed by atoms with Crippen molar-refractivity contribution in [1.29, 1.82) is 0 Å². The fourth-order valence-electron chi connectivity index (χ4n) is 2.27. The third-order valence-electron chi connectivity index (χ3n) is 3.51. The Morgan fingerprint density at radius 3 is 2.23 bits per heavy atom. The molecule has 0 saturated carbocycles. The monoisotopic (exact) mass is 431 g/mol. The van der Waals surface area contributed by atoms with E-state index in [0.717, 1.165) is 9.79 Å². The molecule has 0 heterocycles. The summed E-state index contributed by atoms with van der Waals surface area (Å²) in [5, 5.41) is 12.3. The van der Waals surface area contributed by atoms with Gasteiger partial charge in [-0.3, -0.25) is 9.59 Å². The Labute approximate surface area is 177 Å². The van der Waals surface area contributed by atoms with Crippen LogP contribution in [-0.4, -0.2) is 41.8 Å². The largest absolute Gasteiger partial charge is 0.491 e. The van der Waals surface area contributed by atoms with Gasteiger partial charge in [-0.2, -0.15) is 0 Å². The first-order valence-electron chi connectivity index (χ1n) is 8.91. The molecule has 30 heavy (non-hydrogen) atoms. The summed E-state index contributed by atoms with van der Waals surface area (Å²) in [6.07, 6.45) is 0. The third-order valence-corrected chi connectivity index (χ3v) is 4.51. The number of hydrogen-bond donors (Lipinski definition) is 1. The molecule has 0 saturated heterocycles. The van der Waals surface area contributed by atoms with E-state index < -0.39 is 17.7 Å². The Balaban J connectivity index is 2.24. The molecule has 158 valence electrons. The number of nitrogens with zero attached hydrogens (tertiary/aromatic N) is 1. The predicted octanol–water partition coefficient (Wildman–Crippen LogP) is 3.26. The topological polar surface area (TPSA) is 111 Å². The summed E-state index contributed by atoms with van der Waals surface area (Å²) in [5.41, 5.74) is 0.0631. The zero-order valence-electron chi connectivity index (χ0n) is 16.7. The van der Waals surface area contributed by atoms with E-state index in [1.807, 2.05) is 12.1 Å². The van der Waals surface area contributed by atoms with Crippen LogP contribution in [0.2, 0.25) is 0 Å². The fourth-order valence-corrected chi connectivity index (χ4v) is 3.11. The molecule has 0 radical (unpaired) electrons. The molecular weight excluding hydrogens is 410 g/mol. The summed E-state index contributed by atoms with van der Waals surface area (Å²) < 4.78 is 10.5. The highest BCUT2D eigenvalue weighted by atomic mass is 32.2. The third kappa shape index (κ3) is 7.02. The van der Waals surface area contributed by atoms with E-state index in [4.69, 9.17) is 14.6 Å². The lowest BCUT2D eigenvalue weighted by Crippen LogP contribution is -2.15. The zero-order chi connectivity index (χ0) is 22.1. The van der Waals surface area contributed by atoms with Crippen LogP contribution in [0.5, 0.6) is 11.5 Å². The van der Waals surface area contributed by atoms with Crippen molar-refractivity contribution in [1.82, 2.24) is 0 Å². The van der Waals surface area contributed by atoms with Gasteiger partial charge >= 0.3 is 11.9 Å². The molecule has 0 aliphatic carbocycles. The zero-order valence-corrected chi connectivity index (χ0v) is 17.5. The normalized spacial score (nSPS) is 11.0. The van der Waals surface area contributed by atoms with Gasteiger partial charge in [0.25, 0.3) is 0 Å². The summed E-state index contributed by atoms with van der Waals surface area (Å²) in [6, 6.07) is 12.0. The Morgan fingerprint density at radius 1 is 0.967 bits per heavy atom. The van der Waals surface area contributed by atoms with Gasteiger partial charge in [0.2, 0.25) is 5.78 Å². The van der Waals surface area contributed by atoms with Gasteiger partial charge in [-0.05, 0) is 49.4 Å². The van der Waals surface area contributed by atoms with Crippen LogP contribution in [0.3, 0.4) is 0 Å².